The topological polar surface area (TPSA) is 124 Å². The summed E-state index contributed by atoms with van der Waals surface area (Å²) in [6.45, 7) is 0. The van der Waals surface area contributed by atoms with Crippen molar-refractivity contribution in [3.63, 3.8) is 0 Å². The number of nitro groups is 1. The molecule has 1 heterocycles. The molecule has 2 rings (SSSR count). The Labute approximate surface area is 123 Å². The maximum Gasteiger partial charge on any atom is 0.288 e. The lowest BCUT2D eigenvalue weighted by atomic mass is 10.2. The molecule has 0 radical (unpaired) electrons. The first-order valence-electron chi connectivity index (χ1n) is 5.56. The number of halogens is 1. The second-order valence-electron chi connectivity index (χ2n) is 3.83. The van der Waals surface area contributed by atoms with Crippen LogP contribution in [0.4, 0.5) is 5.69 Å². The van der Waals surface area contributed by atoms with Crippen LogP contribution in [-0.4, -0.2) is 21.0 Å². The molecule has 2 aromatic rings. The number of rotatable bonds is 4. The Kier molecular flexibility index (Phi) is 4.19. The van der Waals surface area contributed by atoms with Gasteiger partial charge in [-0.1, -0.05) is 16.8 Å². The first-order chi connectivity index (χ1) is 10.0. The molecule has 0 aliphatic heterocycles. The minimum Gasteiger partial charge on any atom is -0.455 e. The molecule has 3 N–H and O–H groups in total. The van der Waals surface area contributed by atoms with Crippen molar-refractivity contribution in [1.29, 1.82) is 0 Å². The number of nitrogens with zero attached hydrogens (tertiary/aromatic N) is 3. The van der Waals surface area contributed by atoms with Crippen molar-refractivity contribution in [3.8, 4) is 11.5 Å². The van der Waals surface area contributed by atoms with E-state index in [1.165, 1.54) is 36.7 Å². The fourth-order valence-electron chi connectivity index (χ4n) is 1.55. The lowest BCUT2D eigenvalue weighted by Gasteiger charge is -2.09. The summed E-state index contributed by atoms with van der Waals surface area (Å²) < 4.78 is 5.51. The SMILES string of the molecule is N/C(=N/O)c1ccncc1Oc1ccc([N+](=O)[O-])c(Cl)c1. The molecule has 0 bridgehead atoms. The van der Waals surface area contributed by atoms with Gasteiger partial charge in [0.25, 0.3) is 5.69 Å². The van der Waals surface area contributed by atoms with Crippen molar-refractivity contribution in [2.75, 3.05) is 0 Å². The van der Waals surface area contributed by atoms with Gasteiger partial charge < -0.3 is 15.7 Å². The molecule has 108 valence electrons. The number of benzene rings is 1. The second kappa shape index (κ2) is 6.06. The molecule has 0 aliphatic carbocycles. The van der Waals surface area contributed by atoms with E-state index in [-0.39, 0.29) is 28.0 Å². The van der Waals surface area contributed by atoms with Crippen LogP contribution in [0, 0.1) is 10.1 Å². The number of amidine groups is 1. The van der Waals surface area contributed by atoms with Crippen molar-refractivity contribution >= 4 is 23.1 Å². The van der Waals surface area contributed by atoms with Crippen LogP contribution < -0.4 is 10.5 Å². The van der Waals surface area contributed by atoms with Crippen LogP contribution in [0.1, 0.15) is 5.56 Å². The molecule has 8 nitrogen and oxygen atoms in total. The molecular weight excluding hydrogens is 300 g/mol. The van der Waals surface area contributed by atoms with E-state index in [4.69, 9.17) is 27.3 Å². The van der Waals surface area contributed by atoms with Crippen LogP contribution >= 0.6 is 11.6 Å². The average Bonchev–Trinajstić information content (AvgIpc) is 2.46. The van der Waals surface area contributed by atoms with E-state index in [0.29, 0.717) is 5.56 Å². The maximum absolute atomic E-state index is 10.7. The van der Waals surface area contributed by atoms with Crippen molar-refractivity contribution in [1.82, 2.24) is 4.98 Å². The largest absolute Gasteiger partial charge is 0.455 e. The van der Waals surface area contributed by atoms with E-state index in [2.05, 4.69) is 10.1 Å². The Balaban J connectivity index is 2.35. The first kappa shape index (κ1) is 14.5. The highest BCUT2D eigenvalue weighted by Crippen LogP contribution is 2.31. The highest BCUT2D eigenvalue weighted by atomic mass is 35.5. The van der Waals surface area contributed by atoms with E-state index in [1.807, 2.05) is 0 Å². The number of nitrogens with two attached hydrogens (primary N) is 1. The number of ether oxygens (including phenoxy) is 1. The maximum atomic E-state index is 10.7. The number of pyridine rings is 1. The van der Waals surface area contributed by atoms with E-state index < -0.39 is 4.92 Å². The van der Waals surface area contributed by atoms with Crippen LogP contribution in [-0.2, 0) is 0 Å². The summed E-state index contributed by atoms with van der Waals surface area (Å²) in [5.74, 6) is 0.323. The zero-order valence-corrected chi connectivity index (χ0v) is 11.2. The van der Waals surface area contributed by atoms with Gasteiger partial charge in [-0.05, 0) is 12.1 Å². The Morgan fingerprint density at radius 2 is 2.24 bits per heavy atom. The Morgan fingerprint density at radius 3 is 2.86 bits per heavy atom. The lowest BCUT2D eigenvalue weighted by molar-refractivity contribution is -0.384. The van der Waals surface area contributed by atoms with Crippen molar-refractivity contribution < 1.29 is 14.9 Å². The predicted octanol–water partition coefficient (Wildman–Crippen LogP) is 2.53. The van der Waals surface area contributed by atoms with Gasteiger partial charge in [-0.15, -0.1) is 0 Å². The van der Waals surface area contributed by atoms with Gasteiger partial charge in [0.05, 0.1) is 16.7 Å². The number of nitro benzene ring substituents is 1. The molecule has 0 saturated carbocycles. The molecule has 1 aromatic heterocycles. The molecule has 1 aromatic carbocycles. The van der Waals surface area contributed by atoms with Crippen LogP contribution in [0.5, 0.6) is 11.5 Å². The van der Waals surface area contributed by atoms with Crippen molar-refractivity contribution in [2.45, 2.75) is 0 Å². The summed E-state index contributed by atoms with van der Waals surface area (Å²) in [6.07, 6.45) is 2.81. The van der Waals surface area contributed by atoms with Gasteiger partial charge in [-0.3, -0.25) is 15.1 Å². The minimum atomic E-state index is -0.599. The van der Waals surface area contributed by atoms with Gasteiger partial charge in [0.1, 0.15) is 10.8 Å². The molecule has 0 amide bonds. The third-order valence-electron chi connectivity index (χ3n) is 2.51. The van der Waals surface area contributed by atoms with Crippen LogP contribution in [0.15, 0.2) is 41.8 Å². The first-order valence-corrected chi connectivity index (χ1v) is 5.94. The summed E-state index contributed by atoms with van der Waals surface area (Å²) >= 11 is 5.79. The third kappa shape index (κ3) is 3.18. The molecule has 0 fully saturated rings. The number of hydrogen-bond donors (Lipinski definition) is 2. The average molecular weight is 309 g/mol. The van der Waals surface area contributed by atoms with E-state index >= 15 is 0 Å². The summed E-state index contributed by atoms with van der Waals surface area (Å²) in [4.78, 5) is 14.0. The van der Waals surface area contributed by atoms with Gasteiger partial charge >= 0.3 is 0 Å². The molecular formula is C12H9ClN4O4. The molecule has 0 unspecified atom stereocenters. The summed E-state index contributed by atoms with van der Waals surface area (Å²) in [6, 6.07) is 5.39. The van der Waals surface area contributed by atoms with E-state index in [1.54, 1.807) is 0 Å². The number of oxime groups is 1. The van der Waals surface area contributed by atoms with Crippen LogP contribution in [0.3, 0.4) is 0 Å². The molecule has 0 saturated heterocycles. The summed E-state index contributed by atoms with van der Waals surface area (Å²) in [5, 5.41) is 22.2. The third-order valence-corrected chi connectivity index (χ3v) is 2.81. The van der Waals surface area contributed by atoms with Gasteiger partial charge in [-0.25, -0.2) is 0 Å². The van der Waals surface area contributed by atoms with Gasteiger partial charge in [-0.2, -0.15) is 0 Å². The van der Waals surface area contributed by atoms with E-state index in [9.17, 15) is 10.1 Å². The highest BCUT2D eigenvalue weighted by Gasteiger charge is 2.14. The minimum absolute atomic E-state index is 0.0632. The van der Waals surface area contributed by atoms with E-state index in [0.717, 1.165) is 0 Å². The molecule has 0 spiro atoms. The lowest BCUT2D eigenvalue weighted by Crippen LogP contribution is -2.14. The van der Waals surface area contributed by atoms with Crippen LogP contribution in [0.2, 0.25) is 5.02 Å². The standard InChI is InChI=1S/C12H9ClN4O4/c13-9-5-7(1-2-10(9)17(19)20)21-11-6-15-4-3-8(11)12(14)16-18/h1-6,18H,(H2,14,16). The van der Waals surface area contributed by atoms with Crippen molar-refractivity contribution in [2.24, 2.45) is 10.9 Å². The zero-order chi connectivity index (χ0) is 15.4. The predicted molar refractivity (Wildman–Crippen MR) is 74.9 cm³/mol. The van der Waals surface area contributed by atoms with Gasteiger partial charge in [0.2, 0.25) is 0 Å². The molecule has 0 aliphatic rings. The number of hydrogen-bond acceptors (Lipinski definition) is 6. The Bertz CT molecular complexity index is 720. The Morgan fingerprint density at radius 1 is 1.48 bits per heavy atom. The summed E-state index contributed by atoms with van der Waals surface area (Å²) in [5.41, 5.74) is 5.61. The highest BCUT2D eigenvalue weighted by molar-refractivity contribution is 6.32. The van der Waals surface area contributed by atoms with Crippen molar-refractivity contribution in [3.05, 3.63) is 57.4 Å². The molecule has 21 heavy (non-hydrogen) atoms. The van der Waals surface area contributed by atoms with Gasteiger partial charge in [0, 0.05) is 18.3 Å². The second-order valence-corrected chi connectivity index (χ2v) is 4.24. The fraction of sp³-hybridized carbons (Fsp3) is 0. The van der Waals surface area contributed by atoms with Crippen LogP contribution in [0.25, 0.3) is 0 Å². The smallest absolute Gasteiger partial charge is 0.288 e. The quantitative estimate of drug-likeness (QED) is 0.294. The number of aromatic nitrogens is 1. The zero-order valence-electron chi connectivity index (χ0n) is 10.4. The molecule has 0 atom stereocenters. The molecule has 9 heteroatoms. The van der Waals surface area contributed by atoms with Gasteiger partial charge in [0.15, 0.2) is 11.6 Å². The summed E-state index contributed by atoms with van der Waals surface area (Å²) in [7, 11) is 0. The normalized spacial score (nSPS) is 11.2. The monoisotopic (exact) mass is 308 g/mol. The Hall–Kier alpha value is -2.87. The fourth-order valence-corrected chi connectivity index (χ4v) is 1.79.